The Hall–Kier alpha value is -0.860. The predicted octanol–water partition coefficient (Wildman–Crippen LogP) is 1.47. The Labute approximate surface area is 80.1 Å². The number of benzene rings is 1. The summed E-state index contributed by atoms with van der Waals surface area (Å²) in [5.41, 5.74) is 7.17. The summed E-state index contributed by atoms with van der Waals surface area (Å²) in [7, 11) is 1.95. The Kier molecular flexibility index (Phi) is 3.46. The third-order valence-corrected chi connectivity index (χ3v) is 2.33. The van der Waals surface area contributed by atoms with Gasteiger partial charge in [-0.1, -0.05) is 30.3 Å². The number of nitrogens with two attached hydrogens (primary N) is 1. The van der Waals surface area contributed by atoms with Gasteiger partial charge in [0.15, 0.2) is 0 Å². The molecule has 0 radical (unpaired) electrons. The quantitative estimate of drug-likeness (QED) is 0.732. The van der Waals surface area contributed by atoms with E-state index in [0.717, 1.165) is 13.0 Å². The lowest BCUT2D eigenvalue weighted by Gasteiger charge is -2.25. The van der Waals surface area contributed by atoms with Gasteiger partial charge < -0.3 is 11.1 Å². The Morgan fingerprint density at radius 2 is 1.92 bits per heavy atom. The highest BCUT2D eigenvalue weighted by molar-refractivity contribution is 5.22. The number of nitrogens with one attached hydrogen (secondary N) is 1. The molecule has 0 aromatic heterocycles. The van der Waals surface area contributed by atoms with Crippen LogP contribution in [0, 0.1) is 0 Å². The van der Waals surface area contributed by atoms with Crippen LogP contribution in [-0.4, -0.2) is 13.6 Å². The molecule has 1 aromatic rings. The standard InChI is InChI=1S/C11H18N2/c1-11(12,8-9-13-2)10-6-4-3-5-7-10/h3-7,13H,8-9,12H2,1-2H3. The van der Waals surface area contributed by atoms with Crippen molar-refractivity contribution in [2.75, 3.05) is 13.6 Å². The average molecular weight is 178 g/mol. The topological polar surface area (TPSA) is 38.0 Å². The molecule has 0 aliphatic heterocycles. The van der Waals surface area contributed by atoms with Gasteiger partial charge in [-0.25, -0.2) is 0 Å². The summed E-state index contributed by atoms with van der Waals surface area (Å²) in [5, 5.41) is 3.11. The molecule has 0 aliphatic rings. The molecule has 0 aliphatic carbocycles. The first-order valence-electron chi connectivity index (χ1n) is 4.66. The Morgan fingerprint density at radius 1 is 1.31 bits per heavy atom. The second-order valence-corrected chi connectivity index (χ2v) is 3.64. The van der Waals surface area contributed by atoms with Gasteiger partial charge in [0, 0.05) is 5.54 Å². The van der Waals surface area contributed by atoms with Crippen molar-refractivity contribution in [3.8, 4) is 0 Å². The van der Waals surface area contributed by atoms with Gasteiger partial charge in [0.1, 0.15) is 0 Å². The first-order valence-corrected chi connectivity index (χ1v) is 4.66. The van der Waals surface area contributed by atoms with Crippen molar-refractivity contribution in [2.45, 2.75) is 18.9 Å². The molecular formula is C11H18N2. The molecule has 1 atom stereocenters. The molecular weight excluding hydrogens is 160 g/mol. The van der Waals surface area contributed by atoms with Gasteiger partial charge in [-0.2, -0.15) is 0 Å². The second-order valence-electron chi connectivity index (χ2n) is 3.64. The van der Waals surface area contributed by atoms with Crippen molar-refractivity contribution in [3.05, 3.63) is 35.9 Å². The van der Waals surface area contributed by atoms with Gasteiger partial charge in [-0.3, -0.25) is 0 Å². The fraction of sp³-hybridized carbons (Fsp3) is 0.455. The summed E-state index contributed by atoms with van der Waals surface area (Å²) in [6, 6.07) is 10.2. The summed E-state index contributed by atoms with van der Waals surface area (Å²) >= 11 is 0. The summed E-state index contributed by atoms with van der Waals surface area (Å²) < 4.78 is 0. The highest BCUT2D eigenvalue weighted by Crippen LogP contribution is 2.20. The molecule has 0 spiro atoms. The van der Waals surface area contributed by atoms with Crippen LogP contribution in [-0.2, 0) is 5.54 Å². The zero-order chi connectivity index (χ0) is 9.73. The minimum atomic E-state index is -0.218. The van der Waals surface area contributed by atoms with E-state index in [1.165, 1.54) is 5.56 Å². The largest absolute Gasteiger partial charge is 0.322 e. The molecule has 0 bridgehead atoms. The van der Waals surface area contributed by atoms with E-state index in [2.05, 4.69) is 24.4 Å². The zero-order valence-electron chi connectivity index (χ0n) is 8.38. The molecule has 2 nitrogen and oxygen atoms in total. The van der Waals surface area contributed by atoms with E-state index in [4.69, 9.17) is 5.73 Å². The molecule has 0 amide bonds. The molecule has 13 heavy (non-hydrogen) atoms. The minimum absolute atomic E-state index is 0.218. The molecule has 1 rings (SSSR count). The number of hydrogen-bond acceptors (Lipinski definition) is 2. The van der Waals surface area contributed by atoms with E-state index in [9.17, 15) is 0 Å². The lowest BCUT2D eigenvalue weighted by molar-refractivity contribution is 0.444. The normalized spacial score (nSPS) is 15.3. The van der Waals surface area contributed by atoms with Crippen molar-refractivity contribution in [2.24, 2.45) is 5.73 Å². The van der Waals surface area contributed by atoms with E-state index >= 15 is 0 Å². The average Bonchev–Trinajstić information content (AvgIpc) is 2.16. The highest BCUT2D eigenvalue weighted by atomic mass is 14.8. The highest BCUT2D eigenvalue weighted by Gasteiger charge is 2.19. The Morgan fingerprint density at radius 3 is 2.46 bits per heavy atom. The van der Waals surface area contributed by atoms with Gasteiger partial charge in [0.2, 0.25) is 0 Å². The number of hydrogen-bond donors (Lipinski definition) is 2. The fourth-order valence-electron chi connectivity index (χ4n) is 1.35. The molecule has 72 valence electrons. The van der Waals surface area contributed by atoms with Crippen LogP contribution in [0.4, 0.5) is 0 Å². The smallest absolute Gasteiger partial charge is 0.0393 e. The Balaban J connectivity index is 2.69. The first-order chi connectivity index (χ1) is 6.17. The molecule has 3 N–H and O–H groups in total. The third-order valence-electron chi connectivity index (χ3n) is 2.33. The maximum absolute atomic E-state index is 6.18. The van der Waals surface area contributed by atoms with Crippen LogP contribution in [0.2, 0.25) is 0 Å². The van der Waals surface area contributed by atoms with Crippen molar-refractivity contribution < 1.29 is 0 Å². The monoisotopic (exact) mass is 178 g/mol. The fourth-order valence-corrected chi connectivity index (χ4v) is 1.35. The maximum Gasteiger partial charge on any atom is 0.0393 e. The van der Waals surface area contributed by atoms with Crippen LogP contribution < -0.4 is 11.1 Å². The van der Waals surface area contributed by atoms with Crippen molar-refractivity contribution in [3.63, 3.8) is 0 Å². The maximum atomic E-state index is 6.18. The molecule has 1 aromatic carbocycles. The van der Waals surface area contributed by atoms with E-state index in [0.29, 0.717) is 0 Å². The molecule has 1 unspecified atom stereocenters. The van der Waals surface area contributed by atoms with Crippen LogP contribution in [0.5, 0.6) is 0 Å². The predicted molar refractivity (Wildman–Crippen MR) is 56.5 cm³/mol. The second kappa shape index (κ2) is 4.40. The van der Waals surface area contributed by atoms with Crippen LogP contribution in [0.15, 0.2) is 30.3 Å². The molecule has 2 heteroatoms. The lowest BCUT2D eigenvalue weighted by Crippen LogP contribution is -2.35. The summed E-state index contributed by atoms with van der Waals surface area (Å²) in [5.74, 6) is 0. The van der Waals surface area contributed by atoms with Crippen molar-refractivity contribution in [1.29, 1.82) is 0 Å². The van der Waals surface area contributed by atoms with E-state index in [1.54, 1.807) is 0 Å². The SMILES string of the molecule is CNCCC(C)(N)c1ccccc1. The summed E-state index contributed by atoms with van der Waals surface area (Å²) in [6.45, 7) is 3.02. The van der Waals surface area contributed by atoms with E-state index in [1.807, 2.05) is 25.2 Å². The van der Waals surface area contributed by atoms with Crippen LogP contribution in [0.1, 0.15) is 18.9 Å². The van der Waals surface area contributed by atoms with Gasteiger partial charge in [0.25, 0.3) is 0 Å². The van der Waals surface area contributed by atoms with Crippen LogP contribution in [0.3, 0.4) is 0 Å². The summed E-state index contributed by atoms with van der Waals surface area (Å²) in [4.78, 5) is 0. The minimum Gasteiger partial charge on any atom is -0.322 e. The van der Waals surface area contributed by atoms with Crippen LogP contribution in [0.25, 0.3) is 0 Å². The van der Waals surface area contributed by atoms with Crippen molar-refractivity contribution >= 4 is 0 Å². The van der Waals surface area contributed by atoms with E-state index < -0.39 is 0 Å². The third kappa shape index (κ3) is 2.83. The first kappa shape index (κ1) is 10.2. The Bertz CT molecular complexity index is 242. The molecule has 0 heterocycles. The van der Waals surface area contributed by atoms with Crippen LogP contribution >= 0.6 is 0 Å². The van der Waals surface area contributed by atoms with Gasteiger partial charge in [-0.15, -0.1) is 0 Å². The van der Waals surface area contributed by atoms with Crippen molar-refractivity contribution in [1.82, 2.24) is 5.32 Å². The van der Waals surface area contributed by atoms with Gasteiger partial charge in [-0.05, 0) is 32.5 Å². The molecule has 0 saturated heterocycles. The summed E-state index contributed by atoms with van der Waals surface area (Å²) in [6.07, 6.45) is 0.952. The lowest BCUT2D eigenvalue weighted by atomic mass is 9.90. The number of rotatable bonds is 4. The van der Waals surface area contributed by atoms with Gasteiger partial charge >= 0.3 is 0 Å². The zero-order valence-corrected chi connectivity index (χ0v) is 8.38. The molecule has 0 saturated carbocycles. The molecule has 0 fully saturated rings. The van der Waals surface area contributed by atoms with E-state index in [-0.39, 0.29) is 5.54 Å². The van der Waals surface area contributed by atoms with Gasteiger partial charge in [0.05, 0.1) is 0 Å².